The smallest absolute Gasteiger partial charge is 0.303 e. The first kappa shape index (κ1) is 17.5. The molecular formula is C16H19BrN2O4. The highest BCUT2D eigenvalue weighted by Crippen LogP contribution is 2.20. The molecule has 1 heterocycles. The van der Waals surface area contributed by atoms with E-state index in [9.17, 15) is 14.4 Å². The van der Waals surface area contributed by atoms with Crippen molar-refractivity contribution < 1.29 is 19.5 Å². The molecule has 0 unspecified atom stereocenters. The van der Waals surface area contributed by atoms with Crippen molar-refractivity contribution in [1.82, 2.24) is 10.2 Å². The number of benzene rings is 1. The Morgan fingerprint density at radius 3 is 2.57 bits per heavy atom. The first-order valence-electron chi connectivity index (χ1n) is 7.49. The van der Waals surface area contributed by atoms with Crippen molar-refractivity contribution >= 4 is 33.7 Å². The maximum atomic E-state index is 12.1. The first-order valence-corrected chi connectivity index (χ1v) is 8.28. The van der Waals surface area contributed by atoms with Crippen LogP contribution >= 0.6 is 15.9 Å². The third-order valence-corrected chi connectivity index (χ3v) is 4.41. The van der Waals surface area contributed by atoms with Crippen molar-refractivity contribution in [2.45, 2.75) is 19.3 Å². The van der Waals surface area contributed by atoms with Crippen LogP contribution in [0.15, 0.2) is 28.7 Å². The van der Waals surface area contributed by atoms with Crippen LogP contribution < -0.4 is 5.32 Å². The minimum absolute atomic E-state index is 0.0467. The molecule has 0 bridgehead atoms. The van der Waals surface area contributed by atoms with Crippen LogP contribution in [-0.2, 0) is 9.59 Å². The Kier molecular flexibility index (Phi) is 6.15. The van der Waals surface area contributed by atoms with E-state index in [4.69, 9.17) is 5.11 Å². The third-order valence-electron chi connectivity index (χ3n) is 3.92. The lowest BCUT2D eigenvalue weighted by molar-refractivity contribution is -0.138. The lowest BCUT2D eigenvalue weighted by Crippen LogP contribution is -2.44. The molecule has 6 nitrogen and oxygen atoms in total. The zero-order chi connectivity index (χ0) is 16.8. The number of halogens is 1. The number of hydrogen-bond acceptors (Lipinski definition) is 3. The normalized spacial score (nSPS) is 15.3. The topological polar surface area (TPSA) is 86.7 Å². The monoisotopic (exact) mass is 382 g/mol. The van der Waals surface area contributed by atoms with E-state index >= 15 is 0 Å². The van der Waals surface area contributed by atoms with Gasteiger partial charge in [0.2, 0.25) is 5.91 Å². The lowest BCUT2D eigenvalue weighted by atomic mass is 9.93. The molecule has 1 aliphatic heterocycles. The second kappa shape index (κ2) is 8.10. The number of carboxylic acid groups (broad SMARTS) is 1. The summed E-state index contributed by atoms with van der Waals surface area (Å²) in [5, 5.41) is 11.4. The number of carbonyl (C=O) groups is 3. The molecular weight excluding hydrogens is 364 g/mol. The van der Waals surface area contributed by atoms with Gasteiger partial charge in [-0.25, -0.2) is 0 Å². The van der Waals surface area contributed by atoms with E-state index in [2.05, 4.69) is 21.2 Å². The molecule has 0 spiro atoms. The highest BCUT2D eigenvalue weighted by Gasteiger charge is 2.24. The Hall–Kier alpha value is -1.89. The second-order valence-electron chi connectivity index (χ2n) is 5.62. The van der Waals surface area contributed by atoms with Crippen LogP contribution in [-0.4, -0.2) is 47.4 Å². The van der Waals surface area contributed by atoms with Crippen molar-refractivity contribution in [3.8, 4) is 0 Å². The van der Waals surface area contributed by atoms with Gasteiger partial charge in [0.15, 0.2) is 0 Å². The zero-order valence-corrected chi connectivity index (χ0v) is 14.2. The molecule has 0 atom stereocenters. The van der Waals surface area contributed by atoms with E-state index in [0.717, 1.165) is 4.47 Å². The summed E-state index contributed by atoms with van der Waals surface area (Å²) >= 11 is 3.30. The fraction of sp³-hybridized carbons (Fsp3) is 0.438. The number of likely N-dealkylation sites (tertiary alicyclic amines) is 1. The first-order chi connectivity index (χ1) is 11.0. The van der Waals surface area contributed by atoms with Gasteiger partial charge >= 0.3 is 5.97 Å². The molecule has 0 aromatic heterocycles. The highest BCUT2D eigenvalue weighted by atomic mass is 79.9. The summed E-state index contributed by atoms with van der Waals surface area (Å²) < 4.78 is 0.803. The molecule has 1 aliphatic rings. The second-order valence-corrected chi connectivity index (χ2v) is 6.53. The number of carboxylic acids is 1. The van der Waals surface area contributed by atoms with Crippen LogP contribution in [0, 0.1) is 5.92 Å². The minimum Gasteiger partial charge on any atom is -0.481 e. The van der Waals surface area contributed by atoms with Gasteiger partial charge < -0.3 is 15.3 Å². The SMILES string of the molecule is O=C(O)CC1CCN(C(=O)CNC(=O)c2cccc(Br)c2)CC1. The van der Waals surface area contributed by atoms with Gasteiger partial charge in [-0.1, -0.05) is 22.0 Å². The quantitative estimate of drug-likeness (QED) is 0.813. The number of carbonyl (C=O) groups excluding carboxylic acids is 2. The molecule has 0 saturated carbocycles. The van der Waals surface area contributed by atoms with Crippen molar-refractivity contribution in [3.05, 3.63) is 34.3 Å². The number of nitrogens with one attached hydrogen (secondary N) is 1. The minimum atomic E-state index is -0.795. The van der Waals surface area contributed by atoms with Crippen molar-refractivity contribution in [2.24, 2.45) is 5.92 Å². The van der Waals surface area contributed by atoms with Crippen molar-refractivity contribution in [2.75, 3.05) is 19.6 Å². The van der Waals surface area contributed by atoms with Crippen LogP contribution in [0.2, 0.25) is 0 Å². The summed E-state index contributed by atoms with van der Waals surface area (Å²) in [6.45, 7) is 1.04. The van der Waals surface area contributed by atoms with E-state index in [-0.39, 0.29) is 30.7 Å². The number of hydrogen-bond donors (Lipinski definition) is 2. The molecule has 2 amide bonds. The van der Waals surface area contributed by atoms with Gasteiger partial charge in [0.1, 0.15) is 0 Å². The van der Waals surface area contributed by atoms with Gasteiger partial charge in [-0.3, -0.25) is 14.4 Å². The molecule has 1 fully saturated rings. The largest absolute Gasteiger partial charge is 0.481 e. The summed E-state index contributed by atoms with van der Waals surface area (Å²) in [6, 6.07) is 6.95. The van der Waals surface area contributed by atoms with E-state index in [0.29, 0.717) is 31.5 Å². The molecule has 0 aliphatic carbocycles. The average molecular weight is 383 g/mol. The van der Waals surface area contributed by atoms with Crippen molar-refractivity contribution in [3.63, 3.8) is 0 Å². The molecule has 1 aromatic rings. The van der Waals surface area contributed by atoms with Gasteiger partial charge in [-0.2, -0.15) is 0 Å². The molecule has 124 valence electrons. The summed E-state index contributed by atoms with van der Waals surface area (Å²) in [6.07, 6.45) is 1.54. The third kappa shape index (κ3) is 5.35. The lowest BCUT2D eigenvalue weighted by Gasteiger charge is -2.31. The van der Waals surface area contributed by atoms with Crippen molar-refractivity contribution in [1.29, 1.82) is 0 Å². The van der Waals surface area contributed by atoms with Crippen LogP contribution in [0.3, 0.4) is 0 Å². The Balaban J connectivity index is 1.77. The molecule has 7 heteroatoms. The van der Waals surface area contributed by atoms with E-state index in [1.165, 1.54) is 0 Å². The number of amides is 2. The summed E-state index contributed by atoms with van der Waals surface area (Å²) in [5.74, 6) is -1.09. The van der Waals surface area contributed by atoms with E-state index < -0.39 is 5.97 Å². The zero-order valence-electron chi connectivity index (χ0n) is 12.6. The van der Waals surface area contributed by atoms with E-state index in [1.54, 1.807) is 23.1 Å². The van der Waals surface area contributed by atoms with Gasteiger partial charge in [-0.05, 0) is 37.0 Å². The average Bonchev–Trinajstić information content (AvgIpc) is 2.52. The molecule has 1 saturated heterocycles. The van der Waals surface area contributed by atoms with Gasteiger partial charge in [0, 0.05) is 29.5 Å². The standard InChI is InChI=1S/C16H19BrN2O4/c17-13-3-1-2-12(9-13)16(23)18-10-14(20)19-6-4-11(5-7-19)8-15(21)22/h1-3,9,11H,4-8,10H2,(H,18,23)(H,21,22). The van der Waals surface area contributed by atoms with Crippen LogP contribution in [0.1, 0.15) is 29.6 Å². The predicted octanol–water partition coefficient (Wildman–Crippen LogP) is 1.89. The fourth-order valence-electron chi connectivity index (χ4n) is 2.63. The predicted molar refractivity (Wildman–Crippen MR) is 88.0 cm³/mol. The number of nitrogens with zero attached hydrogens (tertiary/aromatic N) is 1. The van der Waals surface area contributed by atoms with Crippen LogP contribution in [0.25, 0.3) is 0 Å². The molecule has 23 heavy (non-hydrogen) atoms. The summed E-state index contributed by atoms with van der Waals surface area (Å²) in [4.78, 5) is 36.5. The molecule has 0 radical (unpaired) electrons. The molecule has 1 aromatic carbocycles. The van der Waals surface area contributed by atoms with Gasteiger partial charge in [-0.15, -0.1) is 0 Å². The Bertz CT molecular complexity index is 597. The van der Waals surface area contributed by atoms with Crippen LogP contribution in [0.5, 0.6) is 0 Å². The molecule has 2 rings (SSSR count). The number of rotatable bonds is 5. The van der Waals surface area contributed by atoms with Gasteiger partial charge in [0.25, 0.3) is 5.91 Å². The Labute approximate surface area is 143 Å². The van der Waals surface area contributed by atoms with Crippen LogP contribution in [0.4, 0.5) is 0 Å². The van der Waals surface area contributed by atoms with Gasteiger partial charge in [0.05, 0.1) is 6.54 Å². The summed E-state index contributed by atoms with van der Waals surface area (Å²) in [5.41, 5.74) is 0.493. The maximum Gasteiger partial charge on any atom is 0.303 e. The highest BCUT2D eigenvalue weighted by molar-refractivity contribution is 9.10. The number of piperidine rings is 1. The fourth-order valence-corrected chi connectivity index (χ4v) is 3.03. The van der Waals surface area contributed by atoms with E-state index in [1.807, 2.05) is 6.07 Å². The maximum absolute atomic E-state index is 12.1. The molecule has 2 N–H and O–H groups in total. The Morgan fingerprint density at radius 1 is 1.26 bits per heavy atom. The summed E-state index contributed by atoms with van der Waals surface area (Å²) in [7, 11) is 0. The Morgan fingerprint density at radius 2 is 1.96 bits per heavy atom. The number of aliphatic carboxylic acids is 1.